The standard InChI is InChI=1S/C9H8BrClO/c10-8-3-1-7(2-4-8)9(11)5-6-12/h1-4,6,9H,5H2. The van der Waals surface area contributed by atoms with E-state index in [0.29, 0.717) is 6.42 Å². The zero-order valence-corrected chi connectivity index (χ0v) is 8.68. The monoisotopic (exact) mass is 246 g/mol. The molecule has 0 aliphatic heterocycles. The number of aldehydes is 1. The molecule has 0 bridgehead atoms. The van der Waals surface area contributed by atoms with Crippen molar-refractivity contribution in [3.8, 4) is 0 Å². The molecule has 0 heterocycles. The number of carbonyl (C=O) groups excluding carboxylic acids is 1. The molecule has 1 nitrogen and oxygen atoms in total. The van der Waals surface area contributed by atoms with Crippen LogP contribution in [0.3, 0.4) is 0 Å². The fourth-order valence-corrected chi connectivity index (χ4v) is 1.37. The summed E-state index contributed by atoms with van der Waals surface area (Å²) in [7, 11) is 0. The first kappa shape index (κ1) is 9.75. The van der Waals surface area contributed by atoms with Crippen molar-refractivity contribution in [1.29, 1.82) is 0 Å². The van der Waals surface area contributed by atoms with Gasteiger partial charge < -0.3 is 4.79 Å². The minimum absolute atomic E-state index is 0.199. The van der Waals surface area contributed by atoms with Gasteiger partial charge in [-0.25, -0.2) is 0 Å². The van der Waals surface area contributed by atoms with Gasteiger partial charge in [-0.1, -0.05) is 28.1 Å². The summed E-state index contributed by atoms with van der Waals surface area (Å²) in [6.45, 7) is 0. The topological polar surface area (TPSA) is 17.1 Å². The maximum Gasteiger partial charge on any atom is 0.121 e. The first-order valence-electron chi connectivity index (χ1n) is 3.57. The van der Waals surface area contributed by atoms with Crippen LogP contribution in [0.2, 0.25) is 0 Å². The Kier molecular flexibility index (Phi) is 3.76. The molecule has 0 N–H and O–H groups in total. The van der Waals surface area contributed by atoms with E-state index < -0.39 is 0 Å². The fourth-order valence-electron chi connectivity index (χ4n) is 0.892. The van der Waals surface area contributed by atoms with Gasteiger partial charge >= 0.3 is 0 Å². The van der Waals surface area contributed by atoms with E-state index in [1.54, 1.807) is 0 Å². The van der Waals surface area contributed by atoms with Gasteiger partial charge in [0.05, 0.1) is 5.38 Å². The van der Waals surface area contributed by atoms with Gasteiger partial charge in [0.2, 0.25) is 0 Å². The van der Waals surface area contributed by atoms with E-state index >= 15 is 0 Å². The molecule has 64 valence electrons. The smallest absolute Gasteiger partial charge is 0.121 e. The molecule has 1 unspecified atom stereocenters. The Morgan fingerprint density at radius 2 is 2.00 bits per heavy atom. The molecule has 0 saturated heterocycles. The van der Waals surface area contributed by atoms with Gasteiger partial charge in [-0.05, 0) is 17.7 Å². The molecule has 1 rings (SSSR count). The first-order valence-corrected chi connectivity index (χ1v) is 4.80. The van der Waals surface area contributed by atoms with Crippen LogP contribution in [0.15, 0.2) is 28.7 Å². The SMILES string of the molecule is O=CCC(Cl)c1ccc(Br)cc1. The van der Waals surface area contributed by atoms with Gasteiger partial charge in [0.15, 0.2) is 0 Å². The van der Waals surface area contributed by atoms with Gasteiger partial charge in [-0.2, -0.15) is 0 Å². The van der Waals surface area contributed by atoms with Crippen molar-refractivity contribution in [2.45, 2.75) is 11.8 Å². The summed E-state index contributed by atoms with van der Waals surface area (Å²) < 4.78 is 1.02. The average Bonchev–Trinajstić information content (AvgIpc) is 2.06. The molecular formula is C9H8BrClO. The highest BCUT2D eigenvalue weighted by Gasteiger charge is 2.05. The highest BCUT2D eigenvalue weighted by molar-refractivity contribution is 9.10. The van der Waals surface area contributed by atoms with Crippen molar-refractivity contribution in [3.05, 3.63) is 34.3 Å². The van der Waals surface area contributed by atoms with E-state index in [2.05, 4.69) is 15.9 Å². The van der Waals surface area contributed by atoms with E-state index in [0.717, 1.165) is 16.3 Å². The molecule has 1 aromatic rings. The highest BCUT2D eigenvalue weighted by Crippen LogP contribution is 2.24. The average molecular weight is 248 g/mol. The zero-order valence-electron chi connectivity index (χ0n) is 6.34. The van der Waals surface area contributed by atoms with E-state index in [4.69, 9.17) is 11.6 Å². The van der Waals surface area contributed by atoms with Gasteiger partial charge in [0.25, 0.3) is 0 Å². The van der Waals surface area contributed by atoms with E-state index in [1.165, 1.54) is 0 Å². The van der Waals surface area contributed by atoms with Crippen LogP contribution in [0.25, 0.3) is 0 Å². The van der Waals surface area contributed by atoms with Crippen LogP contribution < -0.4 is 0 Å². The molecule has 0 aliphatic carbocycles. The van der Waals surface area contributed by atoms with E-state index in [-0.39, 0.29) is 5.38 Å². The van der Waals surface area contributed by atoms with Crippen LogP contribution in [-0.2, 0) is 4.79 Å². The molecule has 0 aliphatic rings. The number of halogens is 2. The molecule has 0 spiro atoms. The minimum atomic E-state index is -0.199. The lowest BCUT2D eigenvalue weighted by Crippen LogP contribution is -1.90. The molecule has 3 heteroatoms. The quantitative estimate of drug-likeness (QED) is 0.591. The molecule has 12 heavy (non-hydrogen) atoms. The molecule has 0 fully saturated rings. The summed E-state index contributed by atoms with van der Waals surface area (Å²) in [4.78, 5) is 10.2. The normalized spacial score (nSPS) is 12.5. The Labute approximate surface area is 84.9 Å². The lowest BCUT2D eigenvalue weighted by molar-refractivity contribution is -0.107. The maximum absolute atomic E-state index is 10.2. The molecule has 0 saturated carbocycles. The predicted octanol–water partition coefficient (Wildman–Crippen LogP) is 3.32. The van der Waals surface area contributed by atoms with E-state index in [1.807, 2.05) is 24.3 Å². The second-order valence-electron chi connectivity index (χ2n) is 2.42. The zero-order chi connectivity index (χ0) is 8.97. The first-order chi connectivity index (χ1) is 5.74. The van der Waals surface area contributed by atoms with Gasteiger partial charge in [0.1, 0.15) is 6.29 Å². The molecule has 1 aromatic carbocycles. The van der Waals surface area contributed by atoms with Crippen LogP contribution in [0.5, 0.6) is 0 Å². The van der Waals surface area contributed by atoms with Crippen LogP contribution in [0.1, 0.15) is 17.4 Å². The second-order valence-corrected chi connectivity index (χ2v) is 3.86. The molecular weight excluding hydrogens is 239 g/mol. The Bertz CT molecular complexity index is 258. The third kappa shape index (κ3) is 2.61. The van der Waals surface area contributed by atoms with Gasteiger partial charge in [0, 0.05) is 10.9 Å². The Balaban J connectivity index is 2.74. The minimum Gasteiger partial charge on any atom is -0.303 e. The van der Waals surface area contributed by atoms with Crippen molar-refractivity contribution in [1.82, 2.24) is 0 Å². The maximum atomic E-state index is 10.2. The third-order valence-corrected chi connectivity index (χ3v) is 2.49. The molecule has 0 amide bonds. The van der Waals surface area contributed by atoms with Crippen molar-refractivity contribution in [2.24, 2.45) is 0 Å². The highest BCUT2D eigenvalue weighted by atomic mass is 79.9. The summed E-state index contributed by atoms with van der Waals surface area (Å²) in [6.07, 6.45) is 1.20. The molecule has 1 atom stereocenters. The van der Waals surface area contributed by atoms with Gasteiger partial charge in [-0.3, -0.25) is 0 Å². The number of hydrogen-bond acceptors (Lipinski definition) is 1. The Morgan fingerprint density at radius 3 is 2.50 bits per heavy atom. The third-order valence-electron chi connectivity index (χ3n) is 1.53. The fraction of sp³-hybridized carbons (Fsp3) is 0.222. The summed E-state index contributed by atoms with van der Waals surface area (Å²) in [5, 5.41) is -0.199. The number of benzene rings is 1. The van der Waals surface area contributed by atoms with Gasteiger partial charge in [-0.15, -0.1) is 11.6 Å². The summed E-state index contributed by atoms with van der Waals surface area (Å²) in [5.41, 5.74) is 0.979. The number of alkyl halides is 1. The Hall–Kier alpha value is -0.340. The van der Waals surface area contributed by atoms with Crippen LogP contribution >= 0.6 is 27.5 Å². The molecule has 0 radical (unpaired) electrons. The second kappa shape index (κ2) is 4.63. The number of rotatable bonds is 3. The largest absolute Gasteiger partial charge is 0.303 e. The molecule has 0 aromatic heterocycles. The van der Waals surface area contributed by atoms with Crippen molar-refractivity contribution >= 4 is 33.8 Å². The van der Waals surface area contributed by atoms with Crippen molar-refractivity contribution in [2.75, 3.05) is 0 Å². The summed E-state index contributed by atoms with van der Waals surface area (Å²) in [5.74, 6) is 0. The summed E-state index contributed by atoms with van der Waals surface area (Å²) >= 11 is 9.23. The lowest BCUT2D eigenvalue weighted by atomic mass is 10.1. The Morgan fingerprint density at radius 1 is 1.42 bits per heavy atom. The van der Waals surface area contributed by atoms with Crippen LogP contribution in [0, 0.1) is 0 Å². The number of hydrogen-bond donors (Lipinski definition) is 0. The van der Waals surface area contributed by atoms with Crippen LogP contribution in [0.4, 0.5) is 0 Å². The van der Waals surface area contributed by atoms with Crippen molar-refractivity contribution < 1.29 is 4.79 Å². The van der Waals surface area contributed by atoms with E-state index in [9.17, 15) is 4.79 Å². The summed E-state index contributed by atoms with van der Waals surface area (Å²) in [6, 6.07) is 7.64. The lowest BCUT2D eigenvalue weighted by Gasteiger charge is -2.04. The number of carbonyl (C=O) groups is 1. The van der Waals surface area contributed by atoms with Crippen molar-refractivity contribution in [3.63, 3.8) is 0 Å². The predicted molar refractivity (Wildman–Crippen MR) is 53.4 cm³/mol. The van der Waals surface area contributed by atoms with Crippen LogP contribution in [-0.4, -0.2) is 6.29 Å².